The molecule has 2 rings (SSSR count). The minimum atomic E-state index is -4.63. The van der Waals surface area contributed by atoms with Crippen LogP contribution in [0, 0.1) is 0 Å². The molecule has 1 aromatic carbocycles. The molecule has 1 unspecified atom stereocenters. The van der Waals surface area contributed by atoms with Crippen LogP contribution in [-0.4, -0.2) is 43.9 Å². The number of methoxy groups -OCH3 is 1. The van der Waals surface area contributed by atoms with Crippen LogP contribution in [0.15, 0.2) is 18.2 Å². The Morgan fingerprint density at radius 1 is 1.22 bits per heavy atom. The summed E-state index contributed by atoms with van der Waals surface area (Å²) in [5, 5.41) is 2.67. The monoisotopic (exact) mass is 388 g/mol. The number of benzene rings is 1. The molecule has 1 saturated heterocycles. The summed E-state index contributed by atoms with van der Waals surface area (Å²) in [6, 6.07) is 3.01. The van der Waals surface area contributed by atoms with Crippen LogP contribution >= 0.6 is 0 Å². The van der Waals surface area contributed by atoms with Gasteiger partial charge >= 0.3 is 18.2 Å². The molecule has 27 heavy (non-hydrogen) atoms. The molecule has 1 fully saturated rings. The fraction of sp³-hybridized carbons (Fsp3) is 0.556. The van der Waals surface area contributed by atoms with E-state index < -0.39 is 29.4 Å². The minimum absolute atomic E-state index is 0.0383. The molecular formula is C18H23F3N2O4. The maximum Gasteiger partial charge on any atom is 0.418 e. The molecule has 0 saturated carbocycles. The Labute approximate surface area is 155 Å². The Kier molecular flexibility index (Phi) is 5.91. The van der Waals surface area contributed by atoms with Gasteiger partial charge in [0.1, 0.15) is 5.60 Å². The van der Waals surface area contributed by atoms with Crippen LogP contribution in [0.25, 0.3) is 0 Å². The van der Waals surface area contributed by atoms with Crippen molar-refractivity contribution in [1.82, 2.24) is 5.32 Å². The normalized spacial score (nSPS) is 17.6. The Morgan fingerprint density at radius 3 is 2.44 bits per heavy atom. The number of ether oxygens (including phenoxy) is 2. The number of hydrogen-bond acceptors (Lipinski definition) is 5. The Hall–Kier alpha value is -2.45. The molecule has 1 amide bonds. The third kappa shape index (κ3) is 5.51. The second kappa shape index (κ2) is 7.66. The van der Waals surface area contributed by atoms with E-state index in [1.807, 2.05) is 0 Å². The molecule has 1 aliphatic heterocycles. The molecule has 1 aliphatic rings. The lowest BCUT2D eigenvalue weighted by Gasteiger charge is -2.24. The maximum atomic E-state index is 13.5. The zero-order chi connectivity index (χ0) is 20.4. The van der Waals surface area contributed by atoms with Crippen molar-refractivity contribution in [3.05, 3.63) is 29.3 Å². The summed E-state index contributed by atoms with van der Waals surface area (Å²) in [4.78, 5) is 24.9. The van der Waals surface area contributed by atoms with E-state index in [4.69, 9.17) is 4.74 Å². The Morgan fingerprint density at radius 2 is 1.89 bits per heavy atom. The fourth-order valence-corrected chi connectivity index (χ4v) is 2.85. The largest absolute Gasteiger partial charge is 0.465 e. The molecule has 9 heteroatoms. The fourth-order valence-electron chi connectivity index (χ4n) is 2.85. The smallest absolute Gasteiger partial charge is 0.418 e. The van der Waals surface area contributed by atoms with Crippen molar-refractivity contribution in [3.8, 4) is 0 Å². The van der Waals surface area contributed by atoms with Gasteiger partial charge in [0.15, 0.2) is 0 Å². The van der Waals surface area contributed by atoms with Crippen LogP contribution in [0.5, 0.6) is 0 Å². The lowest BCUT2D eigenvalue weighted by Crippen LogP contribution is -2.40. The van der Waals surface area contributed by atoms with Crippen LogP contribution in [0.1, 0.15) is 43.1 Å². The van der Waals surface area contributed by atoms with Crippen LogP contribution in [0.2, 0.25) is 0 Å². The summed E-state index contributed by atoms with van der Waals surface area (Å²) in [5.74, 6) is -0.835. The van der Waals surface area contributed by atoms with Crippen LogP contribution < -0.4 is 10.2 Å². The van der Waals surface area contributed by atoms with E-state index in [2.05, 4.69) is 10.1 Å². The third-order valence-corrected chi connectivity index (χ3v) is 3.97. The van der Waals surface area contributed by atoms with Gasteiger partial charge in [0, 0.05) is 18.8 Å². The molecule has 1 aromatic rings. The third-order valence-electron chi connectivity index (χ3n) is 3.97. The van der Waals surface area contributed by atoms with E-state index in [0.29, 0.717) is 13.0 Å². The van der Waals surface area contributed by atoms with Gasteiger partial charge in [-0.25, -0.2) is 9.59 Å². The first-order valence-corrected chi connectivity index (χ1v) is 8.45. The van der Waals surface area contributed by atoms with Gasteiger partial charge in [-0.15, -0.1) is 0 Å². The van der Waals surface area contributed by atoms with Crippen molar-refractivity contribution in [2.24, 2.45) is 0 Å². The number of esters is 1. The quantitative estimate of drug-likeness (QED) is 0.802. The Bertz CT molecular complexity index is 714. The number of alkyl carbamates (subject to hydrolysis) is 1. The number of hydrogen-bond donors (Lipinski definition) is 1. The Balaban J connectivity index is 2.17. The number of rotatable bonds is 3. The van der Waals surface area contributed by atoms with Crippen LogP contribution in [0.4, 0.5) is 23.7 Å². The molecule has 0 spiro atoms. The molecule has 1 heterocycles. The lowest BCUT2D eigenvalue weighted by atomic mass is 10.1. The molecule has 0 radical (unpaired) electrons. The van der Waals surface area contributed by atoms with Crippen molar-refractivity contribution in [2.45, 2.75) is 45.0 Å². The zero-order valence-electron chi connectivity index (χ0n) is 15.6. The van der Waals surface area contributed by atoms with Gasteiger partial charge in [-0.2, -0.15) is 13.2 Å². The summed E-state index contributed by atoms with van der Waals surface area (Å²) in [6.45, 7) is 5.73. The molecule has 6 nitrogen and oxygen atoms in total. The summed E-state index contributed by atoms with van der Waals surface area (Å²) in [6.07, 6.45) is -4.75. The maximum absolute atomic E-state index is 13.5. The predicted octanol–water partition coefficient (Wildman–Crippen LogP) is 3.60. The van der Waals surface area contributed by atoms with Gasteiger partial charge in [0.25, 0.3) is 0 Å². The first kappa shape index (κ1) is 20.9. The van der Waals surface area contributed by atoms with Gasteiger partial charge in [-0.05, 0) is 45.4 Å². The highest BCUT2D eigenvalue weighted by Gasteiger charge is 2.37. The van der Waals surface area contributed by atoms with E-state index in [0.717, 1.165) is 13.2 Å². The van der Waals surface area contributed by atoms with Gasteiger partial charge in [-0.3, -0.25) is 0 Å². The summed E-state index contributed by atoms with van der Waals surface area (Å²) in [7, 11) is 1.11. The van der Waals surface area contributed by atoms with E-state index in [9.17, 15) is 22.8 Å². The first-order chi connectivity index (χ1) is 12.4. The number of halogens is 3. The molecular weight excluding hydrogens is 365 g/mol. The van der Waals surface area contributed by atoms with Gasteiger partial charge in [0.05, 0.1) is 24.3 Å². The van der Waals surface area contributed by atoms with Gasteiger partial charge < -0.3 is 19.7 Å². The predicted molar refractivity (Wildman–Crippen MR) is 92.8 cm³/mol. The number of nitrogens with one attached hydrogen (secondary N) is 1. The lowest BCUT2D eigenvalue weighted by molar-refractivity contribution is -0.137. The van der Waals surface area contributed by atoms with Crippen molar-refractivity contribution in [1.29, 1.82) is 0 Å². The minimum Gasteiger partial charge on any atom is -0.465 e. The summed E-state index contributed by atoms with van der Waals surface area (Å²) >= 11 is 0. The van der Waals surface area contributed by atoms with Crippen molar-refractivity contribution in [2.75, 3.05) is 25.1 Å². The standard InChI is InChI=1S/C18H23F3N2O4/c1-17(2,3)27-16(25)22-12-7-8-23(10-12)14-6-5-11(15(24)26-4)9-13(14)18(19,20)21/h5-6,9,12H,7-8,10H2,1-4H3,(H,22,25). The van der Waals surface area contributed by atoms with E-state index in [1.54, 1.807) is 20.8 Å². The topological polar surface area (TPSA) is 67.9 Å². The van der Waals surface area contributed by atoms with Gasteiger partial charge in [-0.1, -0.05) is 0 Å². The first-order valence-electron chi connectivity index (χ1n) is 8.45. The SMILES string of the molecule is COC(=O)c1ccc(N2CCC(NC(=O)OC(C)(C)C)C2)c(C(F)(F)F)c1. The van der Waals surface area contributed by atoms with E-state index >= 15 is 0 Å². The molecule has 0 aromatic heterocycles. The highest BCUT2D eigenvalue weighted by molar-refractivity contribution is 5.90. The zero-order valence-corrected chi connectivity index (χ0v) is 15.6. The number of carbonyl (C=O) groups excluding carboxylic acids is 2. The number of alkyl halides is 3. The highest BCUT2D eigenvalue weighted by atomic mass is 19.4. The summed E-state index contributed by atoms with van der Waals surface area (Å²) < 4.78 is 50.1. The van der Waals surface area contributed by atoms with Gasteiger partial charge in [0.2, 0.25) is 0 Å². The van der Waals surface area contributed by atoms with Crippen molar-refractivity contribution < 1.29 is 32.2 Å². The second-order valence-electron chi connectivity index (χ2n) is 7.30. The number of anilines is 1. The number of carbonyl (C=O) groups is 2. The average molecular weight is 388 g/mol. The molecule has 0 bridgehead atoms. The molecule has 1 N–H and O–H groups in total. The van der Waals surface area contributed by atoms with E-state index in [1.165, 1.54) is 17.0 Å². The van der Waals surface area contributed by atoms with Crippen LogP contribution in [0.3, 0.4) is 0 Å². The molecule has 150 valence electrons. The molecule has 1 atom stereocenters. The highest BCUT2D eigenvalue weighted by Crippen LogP contribution is 2.38. The second-order valence-corrected chi connectivity index (χ2v) is 7.30. The number of amides is 1. The van der Waals surface area contributed by atoms with Crippen molar-refractivity contribution in [3.63, 3.8) is 0 Å². The van der Waals surface area contributed by atoms with E-state index in [-0.39, 0.29) is 23.8 Å². The van der Waals surface area contributed by atoms with Crippen LogP contribution in [-0.2, 0) is 15.7 Å². The average Bonchev–Trinajstić information content (AvgIpc) is 2.99. The molecule has 0 aliphatic carbocycles. The number of nitrogens with zero attached hydrogens (tertiary/aromatic N) is 1. The summed E-state index contributed by atoms with van der Waals surface area (Å²) in [5.41, 5.74) is -1.78. The van der Waals surface area contributed by atoms with Crippen molar-refractivity contribution >= 4 is 17.7 Å².